The van der Waals surface area contributed by atoms with E-state index in [9.17, 15) is 30.7 Å². The van der Waals surface area contributed by atoms with Crippen LogP contribution in [0.15, 0.2) is 64.4 Å². The van der Waals surface area contributed by atoms with Crippen molar-refractivity contribution in [1.82, 2.24) is 0 Å². The third-order valence-corrected chi connectivity index (χ3v) is 5.60. The van der Waals surface area contributed by atoms with Crippen LogP contribution in [0.5, 0.6) is 0 Å². The number of benzene rings is 3. The van der Waals surface area contributed by atoms with Crippen molar-refractivity contribution in [3.8, 4) is 0 Å². The second-order valence-electron chi connectivity index (χ2n) is 5.89. The molecular formula is C17H14N2Na2O7S2. The van der Waals surface area contributed by atoms with E-state index in [0.29, 0.717) is 11.8 Å². The quantitative estimate of drug-likeness (QED) is 0.254. The van der Waals surface area contributed by atoms with E-state index in [1.807, 2.05) is 0 Å². The van der Waals surface area contributed by atoms with E-state index in [4.69, 9.17) is 5.73 Å². The van der Waals surface area contributed by atoms with Gasteiger partial charge >= 0.3 is 0 Å². The minimum absolute atomic E-state index is 0. The second-order valence-corrected chi connectivity index (χ2v) is 8.70. The molecular weight excluding hydrogens is 454 g/mol. The number of hydrogen-bond donors (Lipinski definition) is 4. The molecule has 0 aliphatic rings. The molecule has 30 heavy (non-hydrogen) atoms. The molecule has 2 radical (unpaired) electrons. The van der Waals surface area contributed by atoms with E-state index in [1.54, 1.807) is 12.1 Å². The minimum Gasteiger partial charge on any atom is -0.399 e. The molecule has 0 aromatic heterocycles. The Balaban J connectivity index is 0.00000225. The smallest absolute Gasteiger partial charge is 0.295 e. The second kappa shape index (κ2) is 10.1. The topological polar surface area (TPSA) is 164 Å². The third-order valence-electron chi connectivity index (χ3n) is 3.87. The summed E-state index contributed by atoms with van der Waals surface area (Å²) in [4.78, 5) is 10.9. The van der Waals surface area contributed by atoms with Crippen molar-refractivity contribution in [3.05, 3.63) is 60.2 Å². The summed E-state index contributed by atoms with van der Waals surface area (Å²) in [6.45, 7) is 0. The van der Waals surface area contributed by atoms with Crippen LogP contribution >= 0.6 is 0 Å². The van der Waals surface area contributed by atoms with Gasteiger partial charge in [-0.2, -0.15) is 16.8 Å². The number of nitrogens with two attached hydrogens (primary N) is 1. The maximum atomic E-state index is 12.3. The molecule has 13 heteroatoms. The Morgan fingerprint density at radius 2 is 1.53 bits per heavy atom. The average molecular weight is 468 g/mol. The number of rotatable bonds is 4. The molecule has 3 rings (SSSR count). The average Bonchev–Trinajstić information content (AvgIpc) is 2.59. The Bertz CT molecular complexity index is 1330. The van der Waals surface area contributed by atoms with Crippen molar-refractivity contribution in [3.63, 3.8) is 0 Å². The number of anilines is 2. The first-order valence-corrected chi connectivity index (χ1v) is 10.5. The summed E-state index contributed by atoms with van der Waals surface area (Å²) in [7, 11) is -9.52. The third kappa shape index (κ3) is 6.26. The van der Waals surface area contributed by atoms with Crippen LogP contribution in [0.3, 0.4) is 0 Å². The zero-order valence-corrected chi connectivity index (χ0v) is 21.7. The molecule has 0 saturated carbocycles. The Morgan fingerprint density at radius 1 is 0.867 bits per heavy atom. The number of nitrogens with one attached hydrogen (secondary N) is 1. The molecule has 148 valence electrons. The van der Waals surface area contributed by atoms with Crippen molar-refractivity contribution in [1.29, 1.82) is 0 Å². The van der Waals surface area contributed by atoms with Crippen LogP contribution in [0.2, 0.25) is 0 Å². The standard InChI is InChI=1S/C17H14N2O7S2.2Na/c18-12-3-1-2-11(6-12)17(20)19-13-5-4-10-7-14(27(21,22)23)9-16(15(10)8-13)28(24,25)26;;/h1-9H,18H2,(H,19,20)(H,21,22,23)(H,24,25,26);;. The fraction of sp³-hybridized carbons (Fsp3) is 0. The molecule has 3 aromatic carbocycles. The predicted octanol–water partition coefficient (Wildman–Crippen LogP) is 1.41. The number of fused-ring (bicyclic) bond motifs is 1. The SMILES string of the molecule is Nc1cccc(C(=O)Nc2ccc3cc(S(=O)(=O)O)cc(S(=O)(=O)O)c3c2)c1.[Na].[Na]. The first-order valence-electron chi connectivity index (χ1n) is 7.65. The van der Waals surface area contributed by atoms with Gasteiger partial charge in [0.25, 0.3) is 26.1 Å². The van der Waals surface area contributed by atoms with Crippen LogP contribution in [0.25, 0.3) is 10.8 Å². The molecule has 0 fully saturated rings. The predicted molar refractivity (Wildman–Crippen MR) is 114 cm³/mol. The summed E-state index contributed by atoms with van der Waals surface area (Å²) in [5.41, 5.74) is 6.50. The summed E-state index contributed by atoms with van der Waals surface area (Å²) in [6, 6.07) is 11.9. The van der Waals surface area contributed by atoms with Gasteiger partial charge in [0.15, 0.2) is 0 Å². The summed E-state index contributed by atoms with van der Waals surface area (Å²) < 4.78 is 64.8. The first-order chi connectivity index (χ1) is 12.9. The Labute approximate surface area is 217 Å². The maximum Gasteiger partial charge on any atom is 0.295 e. The van der Waals surface area contributed by atoms with E-state index in [2.05, 4.69) is 5.32 Å². The summed E-state index contributed by atoms with van der Waals surface area (Å²) >= 11 is 0. The van der Waals surface area contributed by atoms with E-state index < -0.39 is 35.9 Å². The van der Waals surface area contributed by atoms with Gasteiger partial charge in [0, 0.05) is 81.4 Å². The van der Waals surface area contributed by atoms with E-state index >= 15 is 0 Å². The maximum absolute atomic E-state index is 12.3. The van der Waals surface area contributed by atoms with Crippen LogP contribution in [0.1, 0.15) is 10.4 Å². The van der Waals surface area contributed by atoms with Crippen molar-refractivity contribution in [2.75, 3.05) is 11.1 Å². The number of carbonyl (C=O) groups excluding carboxylic acids is 1. The molecule has 0 atom stereocenters. The van der Waals surface area contributed by atoms with Gasteiger partial charge in [-0.15, -0.1) is 0 Å². The molecule has 5 N–H and O–H groups in total. The summed E-state index contributed by atoms with van der Waals surface area (Å²) in [5.74, 6) is -0.505. The zero-order valence-electron chi connectivity index (χ0n) is 16.0. The van der Waals surface area contributed by atoms with Gasteiger partial charge in [0.2, 0.25) is 0 Å². The minimum atomic E-state index is -4.82. The van der Waals surface area contributed by atoms with Crippen LogP contribution in [-0.4, -0.2) is 91.0 Å². The number of carbonyl (C=O) groups is 1. The molecule has 0 aliphatic carbocycles. The van der Waals surface area contributed by atoms with Crippen molar-refractivity contribution < 1.29 is 30.7 Å². The molecule has 3 aromatic rings. The Kier molecular flexibility index (Phi) is 9.09. The zero-order chi connectivity index (χ0) is 20.7. The number of hydrogen-bond acceptors (Lipinski definition) is 6. The van der Waals surface area contributed by atoms with E-state index in [0.717, 1.165) is 6.07 Å². The Morgan fingerprint density at radius 3 is 2.10 bits per heavy atom. The molecule has 0 unspecified atom stereocenters. The largest absolute Gasteiger partial charge is 0.399 e. The van der Waals surface area contributed by atoms with Crippen molar-refractivity contribution in [2.24, 2.45) is 0 Å². The normalized spacial score (nSPS) is 11.3. The molecule has 9 nitrogen and oxygen atoms in total. The van der Waals surface area contributed by atoms with Gasteiger partial charge < -0.3 is 11.1 Å². The van der Waals surface area contributed by atoms with Gasteiger partial charge in [0.05, 0.1) is 4.90 Å². The van der Waals surface area contributed by atoms with Gasteiger partial charge in [-0.3, -0.25) is 13.9 Å². The van der Waals surface area contributed by atoms with Crippen molar-refractivity contribution >= 4 is 107 Å². The van der Waals surface area contributed by atoms with Crippen LogP contribution in [0, 0.1) is 0 Å². The van der Waals surface area contributed by atoms with Gasteiger partial charge in [0.1, 0.15) is 4.90 Å². The van der Waals surface area contributed by atoms with Gasteiger partial charge in [-0.05, 0) is 47.9 Å². The van der Waals surface area contributed by atoms with Crippen LogP contribution < -0.4 is 11.1 Å². The first kappa shape index (κ1) is 27.0. The Hall–Kier alpha value is -0.990. The fourth-order valence-electron chi connectivity index (χ4n) is 2.62. The molecule has 0 saturated heterocycles. The number of nitrogen functional groups attached to an aromatic ring is 1. The van der Waals surface area contributed by atoms with Crippen LogP contribution in [-0.2, 0) is 20.2 Å². The molecule has 0 spiro atoms. The number of amides is 1. The molecule has 0 aliphatic heterocycles. The molecule has 0 heterocycles. The van der Waals surface area contributed by atoms with Crippen LogP contribution in [0.4, 0.5) is 11.4 Å². The summed E-state index contributed by atoms with van der Waals surface area (Å²) in [5, 5.41) is 2.64. The van der Waals surface area contributed by atoms with E-state index in [1.165, 1.54) is 30.3 Å². The monoisotopic (exact) mass is 468 g/mol. The van der Waals surface area contributed by atoms with E-state index in [-0.39, 0.29) is 81.1 Å². The summed E-state index contributed by atoms with van der Waals surface area (Å²) in [6.07, 6.45) is 0. The van der Waals surface area contributed by atoms with Gasteiger partial charge in [-0.1, -0.05) is 12.1 Å². The molecule has 1 amide bonds. The van der Waals surface area contributed by atoms with Crippen molar-refractivity contribution in [2.45, 2.75) is 9.79 Å². The molecule has 0 bridgehead atoms. The van der Waals surface area contributed by atoms with Gasteiger partial charge in [-0.25, -0.2) is 0 Å². The fourth-order valence-corrected chi connectivity index (χ4v) is 3.97.